The van der Waals surface area contributed by atoms with Crippen molar-refractivity contribution in [3.63, 3.8) is 0 Å². The number of carbonyl (C=O) groups excluding carboxylic acids is 2. The van der Waals surface area contributed by atoms with Crippen molar-refractivity contribution in [3.8, 4) is 0 Å². The average molecular weight is 628 g/mol. The molecular weight excluding hydrogens is 590 g/mol. The molecule has 1 aromatic carbocycles. The number of aromatic amines is 2. The Bertz CT molecular complexity index is 2430. The highest BCUT2D eigenvalue weighted by molar-refractivity contribution is 6.22. The normalized spacial score (nSPS) is 12.6. The van der Waals surface area contributed by atoms with Crippen LogP contribution in [-0.4, -0.2) is 51.1 Å². The second-order valence-electron chi connectivity index (χ2n) is 12.2. The Labute approximate surface area is 271 Å². The van der Waals surface area contributed by atoms with E-state index in [1.54, 1.807) is 6.07 Å². The fraction of sp³-hybridized carbons (Fsp3) is 0.289. The molecule has 0 saturated heterocycles. The third-order valence-electron chi connectivity index (χ3n) is 9.73. The quantitative estimate of drug-likeness (QED) is 0.179. The van der Waals surface area contributed by atoms with E-state index in [0.29, 0.717) is 17.5 Å². The molecule has 0 unspecified atom stereocenters. The van der Waals surface area contributed by atoms with Gasteiger partial charge in [0, 0.05) is 44.6 Å². The van der Waals surface area contributed by atoms with E-state index >= 15 is 0 Å². The summed E-state index contributed by atoms with van der Waals surface area (Å²) in [7, 11) is 2.76. The molecule has 47 heavy (non-hydrogen) atoms. The molecule has 0 spiro atoms. The molecule has 1 aliphatic heterocycles. The number of fused-ring (bicyclic) bond motifs is 9. The molecule has 238 valence electrons. The summed E-state index contributed by atoms with van der Waals surface area (Å²) in [4.78, 5) is 47.5. The zero-order chi connectivity index (χ0) is 33.1. The van der Waals surface area contributed by atoms with Gasteiger partial charge in [-0.3, -0.25) is 4.79 Å². The lowest BCUT2D eigenvalue weighted by atomic mass is 9.99. The number of ether oxygens (including phenoxy) is 2. The standard InChI is InChI=1S/C38H37N5O4/c1-8-21-18(3)27-15-28-20(5)23(11-13-34(44)46-6)31(41-28)17-32-25-14-33(38(45)47-7)39-26-12-10-24(37(43-32)35(25)26)36-22(9-2)19(4)29(42-36)16-30(21)40-27/h10,12,14-17,40-41H,8-9,11,13H2,1-7H3. The summed E-state index contributed by atoms with van der Waals surface area (Å²) in [5.74, 6) is -0.788. The molecule has 9 nitrogen and oxygen atoms in total. The minimum Gasteiger partial charge on any atom is -0.469 e. The van der Waals surface area contributed by atoms with Crippen LogP contribution in [0.4, 0.5) is 0 Å². The highest BCUT2D eigenvalue weighted by atomic mass is 16.5. The molecule has 9 heteroatoms. The van der Waals surface area contributed by atoms with Gasteiger partial charge >= 0.3 is 11.9 Å². The predicted octanol–water partition coefficient (Wildman–Crippen LogP) is 8.14. The maximum Gasteiger partial charge on any atom is 0.356 e. The second kappa shape index (κ2) is 11.5. The van der Waals surface area contributed by atoms with Gasteiger partial charge in [0.2, 0.25) is 0 Å². The molecule has 6 aromatic rings. The topological polar surface area (TPSA) is 123 Å². The van der Waals surface area contributed by atoms with E-state index in [1.165, 1.54) is 30.9 Å². The molecule has 1 aliphatic rings. The summed E-state index contributed by atoms with van der Waals surface area (Å²) in [5, 5.41) is 2.57. The van der Waals surface area contributed by atoms with Crippen LogP contribution < -0.4 is 0 Å². The smallest absolute Gasteiger partial charge is 0.356 e. The first-order valence-electron chi connectivity index (χ1n) is 16.0. The number of hydrogen-bond donors (Lipinski definition) is 2. The summed E-state index contributed by atoms with van der Waals surface area (Å²) >= 11 is 0. The number of pyridine rings is 1. The van der Waals surface area contributed by atoms with Gasteiger partial charge in [0.25, 0.3) is 0 Å². The predicted molar refractivity (Wildman–Crippen MR) is 187 cm³/mol. The number of nitrogens with one attached hydrogen (secondary N) is 2. The number of aromatic nitrogens is 5. The Hall–Kier alpha value is -5.31. The molecule has 8 bridgehead atoms. The van der Waals surface area contributed by atoms with Crippen LogP contribution in [0.3, 0.4) is 0 Å². The number of benzene rings is 1. The van der Waals surface area contributed by atoms with Gasteiger partial charge in [0.15, 0.2) is 0 Å². The third-order valence-corrected chi connectivity index (χ3v) is 9.73. The number of nitrogens with zero attached hydrogens (tertiary/aromatic N) is 3. The first kappa shape index (κ1) is 30.3. The number of esters is 2. The number of methoxy groups -OCH3 is 2. The summed E-state index contributed by atoms with van der Waals surface area (Å²) < 4.78 is 10.0. The van der Waals surface area contributed by atoms with Gasteiger partial charge in [0.05, 0.1) is 42.2 Å². The minimum atomic E-state index is -0.515. The molecule has 0 amide bonds. The zero-order valence-corrected chi connectivity index (χ0v) is 27.8. The molecular formula is C38H37N5O4. The van der Waals surface area contributed by atoms with Crippen molar-refractivity contribution in [1.82, 2.24) is 24.9 Å². The monoisotopic (exact) mass is 627 g/mol. The summed E-state index contributed by atoms with van der Waals surface area (Å²) in [6, 6.07) is 12.0. The highest BCUT2D eigenvalue weighted by Gasteiger charge is 2.23. The lowest BCUT2D eigenvalue weighted by Gasteiger charge is -2.05. The molecule has 6 heterocycles. The average Bonchev–Trinajstić information content (AvgIpc) is 3.77. The van der Waals surface area contributed by atoms with Crippen molar-refractivity contribution in [2.75, 3.05) is 14.2 Å². The van der Waals surface area contributed by atoms with E-state index in [9.17, 15) is 9.59 Å². The zero-order valence-electron chi connectivity index (χ0n) is 27.8. The van der Waals surface area contributed by atoms with E-state index in [0.717, 1.165) is 84.7 Å². The molecule has 0 fully saturated rings. The number of carbonyl (C=O) groups is 2. The third kappa shape index (κ3) is 4.80. The van der Waals surface area contributed by atoms with Gasteiger partial charge in [-0.15, -0.1) is 0 Å². The van der Waals surface area contributed by atoms with E-state index in [2.05, 4.69) is 61.7 Å². The van der Waals surface area contributed by atoms with Crippen LogP contribution >= 0.6 is 0 Å². The lowest BCUT2D eigenvalue weighted by Crippen LogP contribution is -2.04. The molecule has 0 saturated carbocycles. The van der Waals surface area contributed by atoms with Gasteiger partial charge in [-0.05, 0) is 110 Å². The number of H-pyrrole nitrogens is 2. The fourth-order valence-electron chi connectivity index (χ4n) is 7.14. The van der Waals surface area contributed by atoms with E-state index in [4.69, 9.17) is 19.4 Å². The Morgan fingerprint density at radius 3 is 2.15 bits per heavy atom. The van der Waals surface area contributed by atoms with Crippen LogP contribution in [0, 0.1) is 13.8 Å². The maximum atomic E-state index is 12.7. The Balaban J connectivity index is 1.71. The van der Waals surface area contributed by atoms with Crippen LogP contribution in [0.15, 0.2) is 36.4 Å². The molecule has 0 radical (unpaired) electrons. The molecule has 5 aromatic heterocycles. The molecule has 0 aliphatic carbocycles. The van der Waals surface area contributed by atoms with Crippen LogP contribution in [0.25, 0.3) is 65.9 Å². The van der Waals surface area contributed by atoms with E-state index < -0.39 is 5.97 Å². The number of aryl methyl sites for hydroxylation is 4. The van der Waals surface area contributed by atoms with Gasteiger partial charge in [-0.1, -0.05) is 13.8 Å². The number of allylic oxidation sites excluding steroid dienone is 2. The number of rotatable bonds is 6. The first-order valence-corrected chi connectivity index (χ1v) is 16.0. The summed E-state index contributed by atoms with van der Waals surface area (Å²) in [5.41, 5.74) is 14.8. The molecule has 7 rings (SSSR count). The second-order valence-corrected chi connectivity index (χ2v) is 12.2. The Kier molecular flexibility index (Phi) is 7.42. The SMILES string of the molecule is CCC1=C(C)c2cc3[nH]c(cc4[nH]c(cc5nc6c(ccc7nc(C(=O)OC)cc5c76)c1n2)c(CCC(=O)OC)c4C)c(C)c3CC. The summed E-state index contributed by atoms with van der Waals surface area (Å²) in [6.45, 7) is 10.7. The minimum absolute atomic E-state index is 0.211. The molecule has 0 atom stereocenters. The van der Waals surface area contributed by atoms with Crippen molar-refractivity contribution in [2.24, 2.45) is 0 Å². The Morgan fingerprint density at radius 2 is 1.47 bits per heavy atom. The van der Waals surface area contributed by atoms with Gasteiger partial charge in [-0.2, -0.15) is 0 Å². The van der Waals surface area contributed by atoms with E-state index in [-0.39, 0.29) is 18.1 Å². The van der Waals surface area contributed by atoms with Gasteiger partial charge < -0.3 is 19.4 Å². The first-order chi connectivity index (χ1) is 22.7. The van der Waals surface area contributed by atoms with E-state index in [1.807, 2.05) is 18.2 Å². The van der Waals surface area contributed by atoms with Crippen LogP contribution in [-0.2, 0) is 27.1 Å². The van der Waals surface area contributed by atoms with Crippen molar-refractivity contribution in [1.29, 1.82) is 0 Å². The Morgan fingerprint density at radius 1 is 0.745 bits per heavy atom. The van der Waals surface area contributed by atoms with Crippen molar-refractivity contribution in [3.05, 3.63) is 75.7 Å². The fourth-order valence-corrected chi connectivity index (χ4v) is 7.14. The van der Waals surface area contributed by atoms with Crippen LogP contribution in [0.1, 0.15) is 77.7 Å². The van der Waals surface area contributed by atoms with Gasteiger partial charge in [-0.25, -0.2) is 19.7 Å². The highest BCUT2D eigenvalue weighted by Crippen LogP contribution is 2.40. The lowest BCUT2D eigenvalue weighted by molar-refractivity contribution is -0.140. The van der Waals surface area contributed by atoms with Crippen LogP contribution in [0.2, 0.25) is 0 Å². The summed E-state index contributed by atoms with van der Waals surface area (Å²) in [6.07, 6.45) is 2.41. The maximum absolute atomic E-state index is 12.7. The van der Waals surface area contributed by atoms with Crippen molar-refractivity contribution < 1.29 is 19.1 Å². The van der Waals surface area contributed by atoms with Crippen LogP contribution in [0.5, 0.6) is 0 Å². The van der Waals surface area contributed by atoms with Crippen molar-refractivity contribution >= 4 is 77.9 Å². The number of hydrogen-bond acceptors (Lipinski definition) is 7. The van der Waals surface area contributed by atoms with Gasteiger partial charge in [0.1, 0.15) is 5.69 Å². The largest absolute Gasteiger partial charge is 0.469 e. The van der Waals surface area contributed by atoms with Crippen molar-refractivity contribution in [2.45, 2.75) is 60.3 Å². The molecule has 2 N–H and O–H groups in total.